The molecule has 138 valence electrons. The Bertz CT molecular complexity index is 731. The molecule has 26 heavy (non-hydrogen) atoms. The Morgan fingerprint density at radius 1 is 1.12 bits per heavy atom. The average molecular weight is 354 g/mol. The summed E-state index contributed by atoms with van der Waals surface area (Å²) < 4.78 is 5.58. The van der Waals surface area contributed by atoms with E-state index in [0.717, 1.165) is 11.1 Å². The van der Waals surface area contributed by atoms with Crippen LogP contribution in [-0.4, -0.2) is 35.9 Å². The summed E-state index contributed by atoms with van der Waals surface area (Å²) in [7, 11) is 0. The molecule has 2 aromatic rings. The molecule has 5 heteroatoms. The van der Waals surface area contributed by atoms with Crippen molar-refractivity contribution < 1.29 is 14.3 Å². The molecule has 0 aromatic heterocycles. The van der Waals surface area contributed by atoms with Gasteiger partial charge in [0.2, 0.25) is 5.91 Å². The largest absolute Gasteiger partial charge is 0.484 e. The zero-order chi connectivity index (χ0) is 18.9. The van der Waals surface area contributed by atoms with Crippen LogP contribution in [0.15, 0.2) is 54.6 Å². The van der Waals surface area contributed by atoms with E-state index >= 15 is 0 Å². The molecule has 0 aliphatic carbocycles. The maximum atomic E-state index is 12.8. The van der Waals surface area contributed by atoms with Gasteiger partial charge in [0.25, 0.3) is 5.91 Å². The third-order valence-corrected chi connectivity index (χ3v) is 4.06. The molecule has 0 bridgehead atoms. The number of carbonyl (C=O) groups excluding carboxylic acids is 2. The van der Waals surface area contributed by atoms with Gasteiger partial charge in [0.05, 0.1) is 0 Å². The number of aryl methyl sites for hydroxylation is 1. The number of nitrogens with zero attached hydrogens (tertiary/aromatic N) is 1. The van der Waals surface area contributed by atoms with Gasteiger partial charge >= 0.3 is 0 Å². The quantitative estimate of drug-likeness (QED) is 0.793. The smallest absolute Gasteiger partial charge is 0.261 e. The van der Waals surface area contributed by atoms with Crippen molar-refractivity contribution >= 4 is 11.8 Å². The summed E-state index contributed by atoms with van der Waals surface area (Å²) >= 11 is 0. The first-order valence-corrected chi connectivity index (χ1v) is 8.81. The van der Waals surface area contributed by atoms with Gasteiger partial charge in [0.15, 0.2) is 6.61 Å². The van der Waals surface area contributed by atoms with E-state index in [4.69, 9.17) is 4.74 Å². The Morgan fingerprint density at radius 2 is 1.85 bits per heavy atom. The summed E-state index contributed by atoms with van der Waals surface area (Å²) in [5.41, 5.74) is 2.09. The first-order chi connectivity index (χ1) is 12.5. The van der Waals surface area contributed by atoms with Gasteiger partial charge in [-0.1, -0.05) is 48.0 Å². The van der Waals surface area contributed by atoms with Gasteiger partial charge in [0.1, 0.15) is 11.8 Å². The predicted octanol–water partition coefficient (Wildman–Crippen LogP) is 2.93. The standard InChI is InChI=1S/C21H26N2O3/c1-4-22-21(25)17(3)23(14-18-10-8-9-16(2)13-18)20(24)15-26-19-11-6-5-7-12-19/h5-13,17H,4,14-15H2,1-3H3,(H,22,25). The van der Waals surface area contributed by atoms with E-state index in [1.54, 1.807) is 24.0 Å². The lowest BCUT2D eigenvalue weighted by Crippen LogP contribution is -2.49. The first kappa shape index (κ1) is 19.5. The number of para-hydroxylation sites is 1. The summed E-state index contributed by atoms with van der Waals surface area (Å²) in [4.78, 5) is 26.6. The molecule has 2 amide bonds. The van der Waals surface area contributed by atoms with Crippen molar-refractivity contribution in [3.05, 3.63) is 65.7 Å². The fraction of sp³-hybridized carbons (Fsp3) is 0.333. The number of likely N-dealkylation sites (N-methyl/N-ethyl adjacent to an activating group) is 1. The lowest BCUT2D eigenvalue weighted by Gasteiger charge is -2.28. The highest BCUT2D eigenvalue weighted by Crippen LogP contribution is 2.13. The Labute approximate surface area is 155 Å². The van der Waals surface area contributed by atoms with Crippen LogP contribution >= 0.6 is 0 Å². The molecule has 2 aromatic carbocycles. The van der Waals surface area contributed by atoms with E-state index in [1.165, 1.54) is 0 Å². The maximum Gasteiger partial charge on any atom is 0.261 e. The minimum Gasteiger partial charge on any atom is -0.484 e. The predicted molar refractivity (Wildman–Crippen MR) is 102 cm³/mol. The molecule has 0 aliphatic rings. The van der Waals surface area contributed by atoms with Crippen molar-refractivity contribution in [2.45, 2.75) is 33.4 Å². The summed E-state index contributed by atoms with van der Waals surface area (Å²) in [6.45, 7) is 6.37. The van der Waals surface area contributed by atoms with Gasteiger partial charge in [-0.05, 0) is 38.5 Å². The van der Waals surface area contributed by atoms with Crippen molar-refractivity contribution in [3.8, 4) is 5.75 Å². The highest BCUT2D eigenvalue weighted by molar-refractivity contribution is 5.87. The number of benzene rings is 2. The van der Waals surface area contributed by atoms with Gasteiger partial charge in [-0.15, -0.1) is 0 Å². The van der Waals surface area contributed by atoms with Gasteiger partial charge in [-0.2, -0.15) is 0 Å². The van der Waals surface area contributed by atoms with Crippen LogP contribution in [-0.2, 0) is 16.1 Å². The van der Waals surface area contributed by atoms with E-state index < -0.39 is 6.04 Å². The lowest BCUT2D eigenvalue weighted by molar-refractivity contribution is -0.142. The van der Waals surface area contributed by atoms with Gasteiger partial charge in [0, 0.05) is 13.1 Å². The van der Waals surface area contributed by atoms with E-state index in [-0.39, 0.29) is 18.4 Å². The van der Waals surface area contributed by atoms with Gasteiger partial charge in [-0.3, -0.25) is 9.59 Å². The molecule has 1 N–H and O–H groups in total. The molecule has 0 heterocycles. The zero-order valence-electron chi connectivity index (χ0n) is 15.6. The van der Waals surface area contributed by atoms with E-state index in [1.807, 2.05) is 56.3 Å². The Hall–Kier alpha value is -2.82. The van der Waals surface area contributed by atoms with Gasteiger partial charge < -0.3 is 15.0 Å². The summed E-state index contributed by atoms with van der Waals surface area (Å²) in [6.07, 6.45) is 0. The first-order valence-electron chi connectivity index (χ1n) is 8.81. The molecule has 0 aliphatic heterocycles. The molecule has 1 unspecified atom stereocenters. The molecular weight excluding hydrogens is 328 g/mol. The topological polar surface area (TPSA) is 58.6 Å². The second kappa shape index (κ2) is 9.61. The number of ether oxygens (including phenoxy) is 1. The van der Waals surface area contributed by atoms with Crippen molar-refractivity contribution in [1.82, 2.24) is 10.2 Å². The van der Waals surface area contributed by atoms with Crippen LogP contribution in [0.5, 0.6) is 5.75 Å². The van der Waals surface area contributed by atoms with E-state index in [0.29, 0.717) is 18.8 Å². The zero-order valence-corrected chi connectivity index (χ0v) is 15.6. The maximum absolute atomic E-state index is 12.8. The molecule has 2 rings (SSSR count). The minimum absolute atomic E-state index is 0.112. The van der Waals surface area contributed by atoms with E-state index in [2.05, 4.69) is 5.32 Å². The Kier molecular flexibility index (Phi) is 7.21. The van der Waals surface area contributed by atoms with Crippen LogP contribution < -0.4 is 10.1 Å². The van der Waals surface area contributed by atoms with Crippen LogP contribution in [0.1, 0.15) is 25.0 Å². The molecule has 0 saturated carbocycles. The van der Waals surface area contributed by atoms with Crippen molar-refractivity contribution in [1.29, 1.82) is 0 Å². The van der Waals surface area contributed by atoms with Crippen LogP contribution in [0.3, 0.4) is 0 Å². The molecule has 5 nitrogen and oxygen atoms in total. The molecule has 0 fully saturated rings. The number of carbonyl (C=O) groups is 2. The SMILES string of the molecule is CCNC(=O)C(C)N(Cc1cccc(C)c1)C(=O)COc1ccccc1. The third kappa shape index (κ3) is 5.62. The molecule has 0 radical (unpaired) electrons. The van der Waals surface area contributed by atoms with E-state index in [9.17, 15) is 9.59 Å². The lowest BCUT2D eigenvalue weighted by atomic mass is 10.1. The van der Waals surface area contributed by atoms with Crippen LogP contribution in [0.4, 0.5) is 0 Å². The monoisotopic (exact) mass is 354 g/mol. The molecule has 0 saturated heterocycles. The second-order valence-corrected chi connectivity index (χ2v) is 6.18. The van der Waals surface area contributed by atoms with Crippen molar-refractivity contribution in [3.63, 3.8) is 0 Å². The summed E-state index contributed by atoms with van der Waals surface area (Å²) in [6, 6.07) is 16.5. The number of amides is 2. The Balaban J connectivity index is 2.12. The fourth-order valence-corrected chi connectivity index (χ4v) is 2.66. The van der Waals surface area contributed by atoms with Crippen LogP contribution in [0.25, 0.3) is 0 Å². The number of rotatable bonds is 8. The normalized spacial score (nSPS) is 11.5. The van der Waals surface area contributed by atoms with Crippen molar-refractivity contribution in [2.24, 2.45) is 0 Å². The number of nitrogens with one attached hydrogen (secondary N) is 1. The van der Waals surface area contributed by atoms with Crippen molar-refractivity contribution in [2.75, 3.05) is 13.2 Å². The van der Waals surface area contributed by atoms with Crippen LogP contribution in [0.2, 0.25) is 0 Å². The second-order valence-electron chi connectivity index (χ2n) is 6.18. The average Bonchev–Trinajstić information content (AvgIpc) is 2.64. The summed E-state index contributed by atoms with van der Waals surface area (Å²) in [5.74, 6) is 0.226. The third-order valence-electron chi connectivity index (χ3n) is 4.06. The van der Waals surface area contributed by atoms with Gasteiger partial charge in [-0.25, -0.2) is 0 Å². The highest BCUT2D eigenvalue weighted by Gasteiger charge is 2.26. The minimum atomic E-state index is -0.581. The number of hydrogen-bond donors (Lipinski definition) is 1. The Morgan fingerprint density at radius 3 is 2.50 bits per heavy atom. The van der Waals surface area contributed by atoms with Crippen LogP contribution in [0, 0.1) is 6.92 Å². The fourth-order valence-electron chi connectivity index (χ4n) is 2.66. The summed E-state index contributed by atoms with van der Waals surface area (Å²) in [5, 5.41) is 2.78. The molecule has 0 spiro atoms. The molecular formula is C21H26N2O3. The number of hydrogen-bond acceptors (Lipinski definition) is 3. The molecule has 1 atom stereocenters. The highest BCUT2D eigenvalue weighted by atomic mass is 16.5.